The minimum absolute atomic E-state index is 0.581. The lowest BCUT2D eigenvalue weighted by Crippen LogP contribution is -2.46. The smallest absolute Gasteiger partial charge is 0.0589 e. The molecule has 0 radical (unpaired) electrons. The highest BCUT2D eigenvalue weighted by molar-refractivity contribution is 4.74. The van der Waals surface area contributed by atoms with Crippen molar-refractivity contribution >= 4 is 0 Å². The van der Waals surface area contributed by atoms with Crippen LogP contribution < -0.4 is 5.32 Å². The molecule has 0 aliphatic carbocycles. The number of rotatable bonds is 11. The first-order valence-electron chi connectivity index (χ1n) is 7.12. The van der Waals surface area contributed by atoms with Crippen LogP contribution in [0.15, 0.2) is 0 Å². The zero-order chi connectivity index (χ0) is 13.1. The molecule has 0 bridgehead atoms. The Kier molecular flexibility index (Phi) is 10.9. The number of hydrogen-bond donors (Lipinski definition) is 1. The summed E-state index contributed by atoms with van der Waals surface area (Å²) in [5, 5.41) is 3.54. The highest BCUT2D eigenvalue weighted by Gasteiger charge is 2.17. The van der Waals surface area contributed by atoms with E-state index in [1.165, 1.54) is 19.3 Å². The molecule has 0 rings (SSSR count). The lowest BCUT2D eigenvalue weighted by molar-refractivity contribution is 0.0935. The van der Waals surface area contributed by atoms with Crippen molar-refractivity contribution in [3.63, 3.8) is 0 Å². The average Bonchev–Trinajstić information content (AvgIpc) is 2.34. The van der Waals surface area contributed by atoms with E-state index >= 15 is 0 Å². The molecule has 0 aliphatic rings. The van der Waals surface area contributed by atoms with E-state index in [1.807, 2.05) is 0 Å². The zero-order valence-electron chi connectivity index (χ0n) is 12.5. The third kappa shape index (κ3) is 7.74. The van der Waals surface area contributed by atoms with Gasteiger partial charge in [-0.25, -0.2) is 0 Å². The van der Waals surface area contributed by atoms with Gasteiger partial charge in [-0.1, -0.05) is 20.3 Å². The maximum absolute atomic E-state index is 5.20. The number of ether oxygens (including phenoxy) is 1. The lowest BCUT2D eigenvalue weighted by Gasteiger charge is -2.34. The molecule has 0 aromatic rings. The number of nitrogens with zero attached hydrogens (tertiary/aromatic N) is 1. The molecule has 17 heavy (non-hydrogen) atoms. The topological polar surface area (TPSA) is 24.5 Å². The van der Waals surface area contributed by atoms with Crippen LogP contribution in [0.2, 0.25) is 0 Å². The van der Waals surface area contributed by atoms with Gasteiger partial charge in [0, 0.05) is 32.3 Å². The van der Waals surface area contributed by atoms with Gasteiger partial charge < -0.3 is 10.1 Å². The Labute approximate surface area is 108 Å². The summed E-state index contributed by atoms with van der Waals surface area (Å²) in [6, 6.07) is 1.21. The first kappa shape index (κ1) is 16.9. The molecule has 1 N–H and O–H groups in total. The first-order valence-corrected chi connectivity index (χ1v) is 7.12. The number of nitrogens with one attached hydrogen (secondary N) is 1. The fourth-order valence-corrected chi connectivity index (χ4v) is 2.04. The van der Waals surface area contributed by atoms with Crippen molar-refractivity contribution in [3.05, 3.63) is 0 Å². The highest BCUT2D eigenvalue weighted by Crippen LogP contribution is 2.08. The Bertz CT molecular complexity index is 164. The van der Waals surface area contributed by atoms with Crippen LogP contribution >= 0.6 is 0 Å². The van der Waals surface area contributed by atoms with Crippen molar-refractivity contribution in [3.8, 4) is 0 Å². The molecule has 3 nitrogen and oxygen atoms in total. The minimum atomic E-state index is 0.581. The molecule has 3 heteroatoms. The van der Waals surface area contributed by atoms with Gasteiger partial charge in [-0.05, 0) is 33.2 Å². The quantitative estimate of drug-likeness (QED) is 0.565. The molecule has 0 amide bonds. The van der Waals surface area contributed by atoms with Crippen molar-refractivity contribution < 1.29 is 4.74 Å². The van der Waals surface area contributed by atoms with Gasteiger partial charge in [0.1, 0.15) is 0 Å². The second-order valence-corrected chi connectivity index (χ2v) is 4.89. The molecule has 0 aromatic heterocycles. The van der Waals surface area contributed by atoms with Gasteiger partial charge in [-0.3, -0.25) is 4.90 Å². The average molecular weight is 244 g/mol. The van der Waals surface area contributed by atoms with E-state index < -0.39 is 0 Å². The maximum Gasteiger partial charge on any atom is 0.0589 e. The van der Waals surface area contributed by atoms with Crippen LogP contribution in [0.3, 0.4) is 0 Å². The fourth-order valence-electron chi connectivity index (χ4n) is 2.04. The van der Waals surface area contributed by atoms with E-state index in [0.29, 0.717) is 12.1 Å². The lowest BCUT2D eigenvalue weighted by atomic mass is 10.1. The summed E-state index contributed by atoms with van der Waals surface area (Å²) < 4.78 is 5.20. The molecule has 0 aliphatic heterocycles. The second-order valence-electron chi connectivity index (χ2n) is 4.89. The molecule has 0 saturated heterocycles. The van der Waals surface area contributed by atoms with Crippen LogP contribution in [0.25, 0.3) is 0 Å². The third-order valence-corrected chi connectivity index (χ3v) is 3.42. The van der Waals surface area contributed by atoms with Crippen LogP contribution in [0.4, 0.5) is 0 Å². The predicted molar refractivity (Wildman–Crippen MR) is 75.6 cm³/mol. The van der Waals surface area contributed by atoms with Crippen LogP contribution in [0.5, 0.6) is 0 Å². The predicted octanol–water partition coefficient (Wildman–Crippen LogP) is 2.51. The van der Waals surface area contributed by atoms with E-state index in [9.17, 15) is 0 Å². The minimum Gasteiger partial charge on any atom is -0.383 e. The summed E-state index contributed by atoms with van der Waals surface area (Å²) in [4.78, 5) is 2.54. The van der Waals surface area contributed by atoms with Crippen molar-refractivity contribution in [2.24, 2.45) is 0 Å². The monoisotopic (exact) mass is 244 g/mol. The Morgan fingerprint density at radius 2 is 1.88 bits per heavy atom. The third-order valence-electron chi connectivity index (χ3n) is 3.42. The van der Waals surface area contributed by atoms with Gasteiger partial charge >= 0.3 is 0 Å². The molecular formula is C14H32N2O. The summed E-state index contributed by atoms with van der Waals surface area (Å²) >= 11 is 0. The summed E-state index contributed by atoms with van der Waals surface area (Å²) in [5.41, 5.74) is 0. The Balaban J connectivity index is 3.98. The molecule has 0 fully saturated rings. The Morgan fingerprint density at radius 3 is 2.41 bits per heavy atom. The van der Waals surface area contributed by atoms with Crippen molar-refractivity contribution in [2.75, 3.05) is 33.4 Å². The number of hydrogen-bond acceptors (Lipinski definition) is 3. The van der Waals surface area contributed by atoms with Crippen LogP contribution in [-0.4, -0.2) is 50.3 Å². The van der Waals surface area contributed by atoms with Gasteiger partial charge in [0.2, 0.25) is 0 Å². The summed E-state index contributed by atoms with van der Waals surface area (Å²) in [5.74, 6) is 0. The van der Waals surface area contributed by atoms with Gasteiger partial charge in [0.05, 0.1) is 6.61 Å². The molecule has 0 heterocycles. The van der Waals surface area contributed by atoms with E-state index in [-0.39, 0.29) is 0 Å². The van der Waals surface area contributed by atoms with Crippen LogP contribution in [-0.2, 0) is 4.74 Å². The highest BCUT2D eigenvalue weighted by atomic mass is 16.5. The molecule has 0 saturated carbocycles. The van der Waals surface area contributed by atoms with Crippen LogP contribution in [0, 0.1) is 0 Å². The summed E-state index contributed by atoms with van der Waals surface area (Å²) in [7, 11) is 1.78. The standard InChI is InChI=1S/C14H32N2O/c1-6-8-9-15-12-14(4)16(10-11-17-5)13(3)7-2/h13-15H,6-12H2,1-5H3. The van der Waals surface area contributed by atoms with Crippen molar-refractivity contribution in [1.29, 1.82) is 0 Å². The fraction of sp³-hybridized carbons (Fsp3) is 1.00. The summed E-state index contributed by atoms with van der Waals surface area (Å²) in [6.07, 6.45) is 3.73. The van der Waals surface area contributed by atoms with Gasteiger partial charge in [0.15, 0.2) is 0 Å². The van der Waals surface area contributed by atoms with E-state index in [0.717, 1.165) is 26.2 Å². The van der Waals surface area contributed by atoms with E-state index in [2.05, 4.69) is 37.9 Å². The van der Waals surface area contributed by atoms with Crippen LogP contribution in [0.1, 0.15) is 47.0 Å². The van der Waals surface area contributed by atoms with E-state index in [4.69, 9.17) is 4.74 Å². The van der Waals surface area contributed by atoms with Gasteiger partial charge in [0.25, 0.3) is 0 Å². The first-order chi connectivity index (χ1) is 8.17. The molecule has 0 spiro atoms. The molecule has 104 valence electrons. The number of methoxy groups -OCH3 is 1. The molecule has 2 unspecified atom stereocenters. The SMILES string of the molecule is CCCCNCC(C)N(CCOC)C(C)CC. The summed E-state index contributed by atoms with van der Waals surface area (Å²) in [6.45, 7) is 13.2. The molecule has 0 aromatic carbocycles. The second kappa shape index (κ2) is 11.0. The molecular weight excluding hydrogens is 212 g/mol. The van der Waals surface area contributed by atoms with Crippen molar-refractivity contribution in [1.82, 2.24) is 10.2 Å². The van der Waals surface area contributed by atoms with Gasteiger partial charge in [-0.2, -0.15) is 0 Å². The normalized spacial score (nSPS) is 15.2. The largest absolute Gasteiger partial charge is 0.383 e. The molecule has 2 atom stereocenters. The Morgan fingerprint density at radius 1 is 1.18 bits per heavy atom. The number of unbranched alkanes of at least 4 members (excludes halogenated alkanes) is 1. The Hall–Kier alpha value is -0.120. The van der Waals surface area contributed by atoms with Gasteiger partial charge in [-0.15, -0.1) is 0 Å². The van der Waals surface area contributed by atoms with E-state index in [1.54, 1.807) is 7.11 Å². The maximum atomic E-state index is 5.20. The zero-order valence-corrected chi connectivity index (χ0v) is 12.5. The van der Waals surface area contributed by atoms with Crippen molar-refractivity contribution in [2.45, 2.75) is 59.0 Å².